The fraction of sp³-hybridized carbons (Fsp3) is 0.905. The maximum atomic E-state index is 2.93. The minimum atomic E-state index is 0.903. The normalized spacial score (nSPS) is 14.7. The summed E-state index contributed by atoms with van der Waals surface area (Å²) in [7, 11) is 0. The Labute approximate surface area is 273 Å². The van der Waals surface area contributed by atoms with Gasteiger partial charge in [-0.25, -0.2) is 0 Å². The molecule has 0 aliphatic heterocycles. The number of hydrogen-bond acceptors (Lipinski definition) is 1. The average molecular weight is 600 g/mol. The third kappa shape index (κ3) is 28.6. The lowest BCUT2D eigenvalue weighted by molar-refractivity contribution is 0.150. The van der Waals surface area contributed by atoms with Crippen LogP contribution < -0.4 is 0 Å². The second kappa shape index (κ2) is 34.3. The number of allylic oxidation sites excluding steroid dienone is 4. The smallest absolute Gasteiger partial charge is 0.00952 e. The van der Waals surface area contributed by atoms with E-state index < -0.39 is 0 Å². The van der Waals surface area contributed by atoms with E-state index >= 15 is 0 Å². The number of rotatable bonds is 33. The highest BCUT2D eigenvalue weighted by atomic mass is 15.1. The Morgan fingerprint density at radius 3 is 1.02 bits per heavy atom. The first-order valence-corrected chi connectivity index (χ1v) is 20.4. The zero-order valence-corrected chi connectivity index (χ0v) is 30.1. The van der Waals surface area contributed by atoms with Crippen molar-refractivity contribution in [2.45, 2.75) is 232 Å². The van der Waals surface area contributed by atoms with Crippen molar-refractivity contribution in [3.63, 3.8) is 0 Å². The predicted molar refractivity (Wildman–Crippen MR) is 197 cm³/mol. The van der Waals surface area contributed by atoms with Crippen LogP contribution in [0.5, 0.6) is 0 Å². The van der Waals surface area contributed by atoms with E-state index in [2.05, 4.69) is 43.1 Å². The monoisotopic (exact) mass is 600 g/mol. The quantitative estimate of drug-likeness (QED) is 0.0535. The van der Waals surface area contributed by atoms with Gasteiger partial charge in [0, 0.05) is 6.04 Å². The Kier molecular flexibility index (Phi) is 32.3. The Morgan fingerprint density at radius 1 is 0.372 bits per heavy atom. The predicted octanol–water partition coefficient (Wildman–Crippen LogP) is 14.7. The summed E-state index contributed by atoms with van der Waals surface area (Å²) < 4.78 is 0. The first-order chi connectivity index (χ1) is 21.4. The third-order valence-electron chi connectivity index (χ3n) is 10.0. The van der Waals surface area contributed by atoms with Gasteiger partial charge in [0.05, 0.1) is 0 Å². The summed E-state index contributed by atoms with van der Waals surface area (Å²) in [5, 5.41) is 0. The molecule has 1 nitrogen and oxygen atoms in total. The van der Waals surface area contributed by atoms with Crippen LogP contribution in [0.15, 0.2) is 24.3 Å². The summed E-state index contributed by atoms with van der Waals surface area (Å²) in [5.74, 6) is 0. The summed E-state index contributed by atoms with van der Waals surface area (Å²) in [6.07, 6.45) is 56.6. The highest BCUT2D eigenvalue weighted by molar-refractivity contribution is 4.82. The molecule has 0 aromatic rings. The first-order valence-electron chi connectivity index (χ1n) is 20.4. The molecule has 0 saturated heterocycles. The molecule has 1 rings (SSSR count). The SMILES string of the molecule is CCCCCCCC/C=C\CCCCCCCCN(CCCCCCCC/C=C\CCCCCCCC)C1CCCCC1. The van der Waals surface area contributed by atoms with Crippen LogP contribution in [0.2, 0.25) is 0 Å². The Balaban J connectivity index is 1.98. The largest absolute Gasteiger partial charge is 0.300 e. The number of nitrogens with zero attached hydrogens (tertiary/aromatic N) is 1. The standard InChI is InChI=1S/C42H81N/c1-3-5-7-9-11-13-15-17-19-21-23-25-27-29-31-36-40-43(42-38-34-33-35-39-42)41-37-32-30-28-26-24-22-20-18-16-14-12-10-8-6-4-2/h17-20,42H,3-16,21-41H2,1-2H3/b19-17-,20-18-. The summed E-state index contributed by atoms with van der Waals surface area (Å²) >= 11 is 0. The Bertz CT molecular complexity index is 529. The van der Waals surface area contributed by atoms with Gasteiger partial charge >= 0.3 is 0 Å². The third-order valence-corrected chi connectivity index (χ3v) is 10.0. The molecule has 0 N–H and O–H groups in total. The molecule has 1 fully saturated rings. The molecule has 1 aliphatic carbocycles. The number of unbranched alkanes of at least 4 members (excludes halogenated alkanes) is 24. The van der Waals surface area contributed by atoms with Crippen molar-refractivity contribution < 1.29 is 0 Å². The van der Waals surface area contributed by atoms with Crippen molar-refractivity contribution in [3.05, 3.63) is 24.3 Å². The first kappa shape index (κ1) is 40.5. The van der Waals surface area contributed by atoms with Crippen LogP contribution in [0.1, 0.15) is 226 Å². The van der Waals surface area contributed by atoms with Gasteiger partial charge in [-0.2, -0.15) is 0 Å². The van der Waals surface area contributed by atoms with Gasteiger partial charge in [0.2, 0.25) is 0 Å². The van der Waals surface area contributed by atoms with Crippen LogP contribution in [-0.2, 0) is 0 Å². The molecule has 1 heteroatoms. The van der Waals surface area contributed by atoms with E-state index in [0.29, 0.717) is 0 Å². The van der Waals surface area contributed by atoms with Crippen molar-refractivity contribution in [1.82, 2.24) is 4.90 Å². The maximum absolute atomic E-state index is 2.93. The van der Waals surface area contributed by atoms with E-state index in [0.717, 1.165) is 6.04 Å². The van der Waals surface area contributed by atoms with Crippen LogP contribution in [0.3, 0.4) is 0 Å². The minimum Gasteiger partial charge on any atom is -0.300 e. The molecule has 0 heterocycles. The second-order valence-corrected chi connectivity index (χ2v) is 14.2. The lowest BCUT2D eigenvalue weighted by Gasteiger charge is -2.34. The molecule has 254 valence electrons. The van der Waals surface area contributed by atoms with Crippen LogP contribution in [0.4, 0.5) is 0 Å². The van der Waals surface area contributed by atoms with E-state index in [4.69, 9.17) is 0 Å². The van der Waals surface area contributed by atoms with E-state index in [9.17, 15) is 0 Å². The number of hydrogen-bond donors (Lipinski definition) is 0. The van der Waals surface area contributed by atoms with E-state index in [1.165, 1.54) is 225 Å². The highest BCUT2D eigenvalue weighted by Gasteiger charge is 2.20. The summed E-state index contributed by atoms with van der Waals surface area (Å²) in [6, 6.07) is 0.903. The lowest BCUT2D eigenvalue weighted by atomic mass is 9.93. The average Bonchev–Trinajstić information content (AvgIpc) is 3.03. The molecule has 0 amide bonds. The zero-order chi connectivity index (χ0) is 30.7. The molecule has 0 radical (unpaired) electrons. The fourth-order valence-corrected chi connectivity index (χ4v) is 7.05. The van der Waals surface area contributed by atoms with Crippen LogP contribution in [0, 0.1) is 0 Å². The van der Waals surface area contributed by atoms with Gasteiger partial charge < -0.3 is 4.90 Å². The van der Waals surface area contributed by atoms with Crippen molar-refractivity contribution in [2.24, 2.45) is 0 Å². The molecule has 1 saturated carbocycles. The van der Waals surface area contributed by atoms with Gasteiger partial charge in [-0.05, 0) is 90.1 Å². The van der Waals surface area contributed by atoms with Gasteiger partial charge in [-0.1, -0.05) is 173 Å². The van der Waals surface area contributed by atoms with E-state index in [1.54, 1.807) is 0 Å². The Hall–Kier alpha value is -0.560. The molecule has 0 bridgehead atoms. The van der Waals surface area contributed by atoms with E-state index in [-0.39, 0.29) is 0 Å². The van der Waals surface area contributed by atoms with Gasteiger partial charge in [-0.15, -0.1) is 0 Å². The summed E-state index contributed by atoms with van der Waals surface area (Å²) in [6.45, 7) is 7.35. The molecular weight excluding hydrogens is 518 g/mol. The molecular formula is C42H81N. The summed E-state index contributed by atoms with van der Waals surface area (Å²) in [5.41, 5.74) is 0. The zero-order valence-electron chi connectivity index (χ0n) is 30.1. The molecule has 43 heavy (non-hydrogen) atoms. The van der Waals surface area contributed by atoms with Crippen LogP contribution in [-0.4, -0.2) is 24.0 Å². The van der Waals surface area contributed by atoms with Crippen molar-refractivity contribution in [3.8, 4) is 0 Å². The van der Waals surface area contributed by atoms with Crippen LogP contribution in [0.25, 0.3) is 0 Å². The molecule has 0 spiro atoms. The van der Waals surface area contributed by atoms with Gasteiger partial charge in [0.15, 0.2) is 0 Å². The second-order valence-electron chi connectivity index (χ2n) is 14.2. The van der Waals surface area contributed by atoms with Gasteiger partial charge in [0.25, 0.3) is 0 Å². The highest BCUT2D eigenvalue weighted by Crippen LogP contribution is 2.24. The summed E-state index contributed by atoms with van der Waals surface area (Å²) in [4.78, 5) is 2.93. The molecule has 1 aliphatic rings. The Morgan fingerprint density at radius 2 is 0.674 bits per heavy atom. The van der Waals surface area contributed by atoms with Crippen molar-refractivity contribution >= 4 is 0 Å². The molecule has 0 atom stereocenters. The molecule has 0 unspecified atom stereocenters. The van der Waals surface area contributed by atoms with Gasteiger partial charge in [0.1, 0.15) is 0 Å². The molecule has 0 aromatic heterocycles. The maximum Gasteiger partial charge on any atom is 0.00952 e. The fourth-order valence-electron chi connectivity index (χ4n) is 7.05. The topological polar surface area (TPSA) is 3.24 Å². The van der Waals surface area contributed by atoms with Crippen molar-refractivity contribution in [2.75, 3.05) is 13.1 Å². The van der Waals surface area contributed by atoms with Gasteiger partial charge in [-0.3, -0.25) is 0 Å². The van der Waals surface area contributed by atoms with Crippen molar-refractivity contribution in [1.29, 1.82) is 0 Å². The minimum absolute atomic E-state index is 0.903. The van der Waals surface area contributed by atoms with Crippen LogP contribution >= 0.6 is 0 Å². The van der Waals surface area contributed by atoms with E-state index in [1.807, 2.05) is 0 Å². The molecule has 0 aromatic carbocycles. The lowest BCUT2D eigenvalue weighted by Crippen LogP contribution is -2.38.